The number of rotatable bonds is 5. The van der Waals surface area contributed by atoms with Crippen molar-refractivity contribution >= 4 is 17.4 Å². The predicted molar refractivity (Wildman–Crippen MR) is 110 cm³/mol. The molecule has 2 amide bonds. The van der Waals surface area contributed by atoms with Crippen LogP contribution in [0, 0.1) is 6.92 Å². The molecule has 1 saturated heterocycles. The smallest absolute Gasteiger partial charge is 0.319 e. The second-order valence-corrected chi connectivity index (χ2v) is 6.79. The Hall–Kier alpha value is -3.39. The molecule has 2 aromatic carbocycles. The minimum atomic E-state index is -0.274. The molecule has 0 bridgehead atoms. The number of hydrogen-bond donors (Lipinski definition) is 2. The van der Waals surface area contributed by atoms with E-state index in [1.54, 1.807) is 13.0 Å². The lowest BCUT2D eigenvalue weighted by Crippen LogP contribution is -2.36. The maximum atomic E-state index is 12.3. The van der Waals surface area contributed by atoms with Gasteiger partial charge in [0.05, 0.1) is 13.2 Å². The molecule has 2 N–H and O–H groups in total. The SMILES string of the molecule is Cc1nc(-c2cccc(NC(=O)NCc3ccc(N4CCOCC4)cc3)c2)no1. The van der Waals surface area contributed by atoms with Crippen LogP contribution in [0.25, 0.3) is 11.4 Å². The van der Waals surface area contributed by atoms with E-state index < -0.39 is 0 Å². The standard InChI is InChI=1S/C21H23N5O3/c1-15-23-20(25-29-15)17-3-2-4-18(13-17)24-21(27)22-14-16-5-7-19(8-6-16)26-9-11-28-12-10-26/h2-8,13H,9-12,14H2,1H3,(H2,22,24,27). The Balaban J connectivity index is 1.31. The Morgan fingerprint density at radius 1 is 1.14 bits per heavy atom. The predicted octanol–water partition coefficient (Wildman–Crippen LogP) is 3.20. The summed E-state index contributed by atoms with van der Waals surface area (Å²) in [5, 5.41) is 9.61. The summed E-state index contributed by atoms with van der Waals surface area (Å²) in [5.41, 5.74) is 3.65. The first-order valence-corrected chi connectivity index (χ1v) is 9.54. The van der Waals surface area contributed by atoms with Gasteiger partial charge < -0.3 is 24.8 Å². The van der Waals surface area contributed by atoms with E-state index >= 15 is 0 Å². The summed E-state index contributed by atoms with van der Waals surface area (Å²) in [4.78, 5) is 18.8. The van der Waals surface area contributed by atoms with Crippen LogP contribution in [0.1, 0.15) is 11.5 Å². The van der Waals surface area contributed by atoms with Crippen LogP contribution in [0.5, 0.6) is 0 Å². The molecule has 0 radical (unpaired) electrons. The highest BCUT2D eigenvalue weighted by Gasteiger charge is 2.11. The van der Waals surface area contributed by atoms with Gasteiger partial charge in [0.15, 0.2) is 0 Å². The lowest BCUT2D eigenvalue weighted by atomic mass is 10.2. The van der Waals surface area contributed by atoms with Crippen molar-refractivity contribution in [2.75, 3.05) is 36.5 Å². The summed E-state index contributed by atoms with van der Waals surface area (Å²) in [6.45, 7) is 5.51. The van der Waals surface area contributed by atoms with Crippen molar-refractivity contribution in [1.29, 1.82) is 0 Å². The highest BCUT2D eigenvalue weighted by atomic mass is 16.5. The first-order valence-electron chi connectivity index (χ1n) is 9.54. The largest absolute Gasteiger partial charge is 0.378 e. The maximum Gasteiger partial charge on any atom is 0.319 e. The second-order valence-electron chi connectivity index (χ2n) is 6.79. The van der Waals surface area contributed by atoms with Crippen molar-refractivity contribution in [2.24, 2.45) is 0 Å². The van der Waals surface area contributed by atoms with Crippen molar-refractivity contribution in [3.8, 4) is 11.4 Å². The summed E-state index contributed by atoms with van der Waals surface area (Å²) < 4.78 is 10.4. The molecule has 0 unspecified atom stereocenters. The van der Waals surface area contributed by atoms with Gasteiger partial charge in [-0.3, -0.25) is 0 Å². The number of carbonyl (C=O) groups is 1. The Morgan fingerprint density at radius 3 is 2.66 bits per heavy atom. The van der Waals surface area contributed by atoms with Crippen molar-refractivity contribution in [3.05, 3.63) is 60.0 Å². The van der Waals surface area contributed by atoms with E-state index in [-0.39, 0.29) is 6.03 Å². The molecule has 0 spiro atoms. The summed E-state index contributed by atoms with van der Waals surface area (Å²) in [6.07, 6.45) is 0. The molecular formula is C21H23N5O3. The number of aromatic nitrogens is 2. The third kappa shape index (κ3) is 4.91. The van der Waals surface area contributed by atoms with E-state index in [0.29, 0.717) is 23.9 Å². The van der Waals surface area contributed by atoms with Crippen LogP contribution in [-0.4, -0.2) is 42.5 Å². The summed E-state index contributed by atoms with van der Waals surface area (Å²) in [7, 11) is 0. The van der Waals surface area contributed by atoms with Gasteiger partial charge in [0, 0.05) is 43.5 Å². The van der Waals surface area contributed by atoms with Crippen LogP contribution < -0.4 is 15.5 Å². The number of carbonyl (C=O) groups excluding carboxylic acids is 1. The first kappa shape index (κ1) is 18.9. The topological polar surface area (TPSA) is 92.5 Å². The number of hydrogen-bond acceptors (Lipinski definition) is 6. The lowest BCUT2D eigenvalue weighted by molar-refractivity contribution is 0.122. The zero-order valence-electron chi connectivity index (χ0n) is 16.2. The normalized spacial score (nSPS) is 13.9. The molecule has 4 rings (SSSR count). The molecule has 0 aliphatic carbocycles. The van der Waals surface area contributed by atoms with E-state index in [4.69, 9.17) is 9.26 Å². The summed E-state index contributed by atoms with van der Waals surface area (Å²) in [5.74, 6) is 0.989. The highest BCUT2D eigenvalue weighted by molar-refractivity contribution is 5.89. The average Bonchev–Trinajstić information content (AvgIpc) is 3.20. The van der Waals surface area contributed by atoms with Gasteiger partial charge in [-0.2, -0.15) is 4.98 Å². The number of morpholine rings is 1. The van der Waals surface area contributed by atoms with Gasteiger partial charge in [0.25, 0.3) is 0 Å². The molecular weight excluding hydrogens is 370 g/mol. The fourth-order valence-corrected chi connectivity index (χ4v) is 3.16. The minimum Gasteiger partial charge on any atom is -0.378 e. The van der Waals surface area contributed by atoms with Crippen molar-refractivity contribution in [1.82, 2.24) is 15.5 Å². The fraction of sp³-hybridized carbons (Fsp3) is 0.286. The molecule has 8 nitrogen and oxygen atoms in total. The zero-order chi connectivity index (χ0) is 20.1. The van der Waals surface area contributed by atoms with Gasteiger partial charge in [0.2, 0.25) is 11.7 Å². The molecule has 1 aliphatic heterocycles. The van der Waals surface area contributed by atoms with Crippen LogP contribution >= 0.6 is 0 Å². The Labute approximate surface area is 168 Å². The number of ether oxygens (including phenoxy) is 1. The van der Waals surface area contributed by atoms with Gasteiger partial charge in [-0.25, -0.2) is 4.79 Å². The average molecular weight is 393 g/mol. The number of aryl methyl sites for hydroxylation is 1. The molecule has 0 saturated carbocycles. The Bertz CT molecular complexity index is 964. The van der Waals surface area contributed by atoms with Gasteiger partial charge in [-0.1, -0.05) is 29.4 Å². The Kier molecular flexibility index (Phi) is 5.71. The lowest BCUT2D eigenvalue weighted by Gasteiger charge is -2.28. The molecule has 0 atom stereocenters. The van der Waals surface area contributed by atoms with Crippen molar-refractivity contribution < 1.29 is 14.1 Å². The van der Waals surface area contributed by atoms with Gasteiger partial charge in [-0.15, -0.1) is 0 Å². The van der Waals surface area contributed by atoms with Crippen LogP contribution in [0.4, 0.5) is 16.2 Å². The molecule has 1 fully saturated rings. The molecule has 150 valence electrons. The van der Waals surface area contributed by atoms with Crippen LogP contribution in [-0.2, 0) is 11.3 Å². The van der Waals surface area contributed by atoms with E-state index in [1.807, 2.05) is 30.3 Å². The monoisotopic (exact) mass is 393 g/mol. The van der Waals surface area contributed by atoms with E-state index in [2.05, 4.69) is 37.8 Å². The second kappa shape index (κ2) is 8.74. The van der Waals surface area contributed by atoms with Gasteiger partial charge in [0.1, 0.15) is 0 Å². The van der Waals surface area contributed by atoms with Crippen LogP contribution in [0.2, 0.25) is 0 Å². The summed E-state index contributed by atoms with van der Waals surface area (Å²) >= 11 is 0. The molecule has 8 heteroatoms. The fourth-order valence-electron chi connectivity index (χ4n) is 3.16. The molecule has 3 aromatic rings. The number of benzene rings is 2. The van der Waals surface area contributed by atoms with E-state index in [9.17, 15) is 4.79 Å². The number of urea groups is 1. The third-order valence-corrected chi connectivity index (χ3v) is 4.67. The summed E-state index contributed by atoms with van der Waals surface area (Å²) in [6, 6.07) is 15.3. The third-order valence-electron chi connectivity index (χ3n) is 4.67. The first-order chi connectivity index (χ1) is 14.2. The van der Waals surface area contributed by atoms with E-state index in [1.165, 1.54) is 5.69 Å². The van der Waals surface area contributed by atoms with Crippen LogP contribution in [0.15, 0.2) is 53.1 Å². The quantitative estimate of drug-likeness (QED) is 0.692. The van der Waals surface area contributed by atoms with E-state index in [0.717, 1.165) is 37.4 Å². The highest BCUT2D eigenvalue weighted by Crippen LogP contribution is 2.20. The molecule has 1 aromatic heterocycles. The zero-order valence-corrected chi connectivity index (χ0v) is 16.2. The number of anilines is 2. The molecule has 2 heterocycles. The number of nitrogens with one attached hydrogen (secondary N) is 2. The number of nitrogens with zero attached hydrogens (tertiary/aromatic N) is 3. The van der Waals surface area contributed by atoms with Gasteiger partial charge >= 0.3 is 6.03 Å². The maximum absolute atomic E-state index is 12.3. The molecule has 1 aliphatic rings. The van der Waals surface area contributed by atoms with Crippen molar-refractivity contribution in [3.63, 3.8) is 0 Å². The minimum absolute atomic E-state index is 0.274. The van der Waals surface area contributed by atoms with Crippen molar-refractivity contribution in [2.45, 2.75) is 13.5 Å². The number of amides is 2. The Morgan fingerprint density at radius 2 is 1.93 bits per heavy atom. The van der Waals surface area contributed by atoms with Gasteiger partial charge in [-0.05, 0) is 29.8 Å². The molecule has 29 heavy (non-hydrogen) atoms. The van der Waals surface area contributed by atoms with Crippen LogP contribution in [0.3, 0.4) is 0 Å².